The molecule has 0 bridgehead atoms. The Hall–Kier alpha value is 0.698. The van der Waals surface area contributed by atoms with Crippen LogP contribution in [0.4, 0.5) is 0 Å². The molecule has 0 aromatic heterocycles. The van der Waals surface area contributed by atoms with Gasteiger partial charge in [0, 0.05) is 8.56 Å². The Morgan fingerprint density at radius 1 is 0.800 bits per heavy atom. The van der Waals surface area contributed by atoms with Crippen molar-refractivity contribution in [2.24, 2.45) is 0 Å². The third-order valence-corrected chi connectivity index (χ3v) is 0. The van der Waals surface area contributed by atoms with E-state index < -0.39 is 0 Å². The van der Waals surface area contributed by atoms with Crippen LogP contribution in [0.2, 0.25) is 0 Å². The second-order valence-corrected chi connectivity index (χ2v) is 0.866. The molecule has 0 heterocycles. The van der Waals surface area contributed by atoms with Crippen molar-refractivity contribution in [1.82, 2.24) is 0 Å². The number of hydrogen-bond donors (Lipinski definition) is 0. The van der Waals surface area contributed by atoms with Crippen molar-refractivity contribution in [2.75, 3.05) is 19.8 Å². The molecule has 0 aliphatic rings. The Labute approximate surface area is 89.4 Å². The normalized spacial score (nSPS) is 5.40. The summed E-state index contributed by atoms with van der Waals surface area (Å²) < 4.78 is 0. The predicted molar refractivity (Wildman–Crippen MR) is 50.1 cm³/mol. The van der Waals surface area contributed by atoms with Crippen molar-refractivity contribution >= 4 is 24.4 Å². The number of rotatable bonds is 0. The van der Waals surface area contributed by atoms with Gasteiger partial charge in [-0.15, -0.1) is 19.8 Å². The molecule has 0 rings (SSSR count). The minimum Gasteiger partial charge on any atom is -0.855 e. The fourth-order valence-corrected chi connectivity index (χ4v) is 0. The minimum atomic E-state index is 0. The summed E-state index contributed by atoms with van der Waals surface area (Å²) in [5.74, 6) is 0. The van der Waals surface area contributed by atoms with Crippen LogP contribution in [0.25, 0.3) is 0 Å². The quantitative estimate of drug-likeness (QED) is 0.540. The third kappa shape index (κ3) is 1060. The summed E-state index contributed by atoms with van der Waals surface area (Å²) in [5.41, 5.74) is 0. The van der Waals surface area contributed by atoms with Gasteiger partial charge in [0.25, 0.3) is 0 Å². The van der Waals surface area contributed by atoms with Gasteiger partial charge < -0.3 is 15.3 Å². The maximum atomic E-state index is 8.93. The standard InChI is InChI=1S/3C2H5O.Sb.6H2/c3*1-2-3;;;;;;;/h3*2H2,1H3;;6*1H/q3*-1;+3;;;;;;. The van der Waals surface area contributed by atoms with Gasteiger partial charge in [-0.25, -0.2) is 0 Å². The van der Waals surface area contributed by atoms with Crippen molar-refractivity contribution in [1.29, 1.82) is 0 Å². The SMILES string of the molecule is CC[O-].CC[O-].CC[O-].[HH].[HH].[HH].[HH].[HH].[HH].[Sb+3]. The molecular formula is C6H27O3Sb. The van der Waals surface area contributed by atoms with E-state index in [-0.39, 0.29) is 52.8 Å². The Bertz CT molecular complexity index is 33.0. The summed E-state index contributed by atoms with van der Waals surface area (Å²) in [6.07, 6.45) is 0. The third-order valence-electron chi connectivity index (χ3n) is 0. The van der Waals surface area contributed by atoms with Gasteiger partial charge in [-0.3, -0.25) is 0 Å². The molecular weight excluding hydrogens is 242 g/mol. The molecule has 0 unspecified atom stereocenters. The van der Waals surface area contributed by atoms with Crippen LogP contribution in [0.3, 0.4) is 0 Å². The van der Waals surface area contributed by atoms with E-state index >= 15 is 0 Å². The summed E-state index contributed by atoms with van der Waals surface area (Å²) >= 11 is 0. The van der Waals surface area contributed by atoms with Gasteiger partial charge in [0.15, 0.2) is 0 Å². The van der Waals surface area contributed by atoms with Crippen LogP contribution in [0.5, 0.6) is 0 Å². The second-order valence-electron chi connectivity index (χ2n) is 0.866. The summed E-state index contributed by atoms with van der Waals surface area (Å²) in [7, 11) is 0. The fraction of sp³-hybridized carbons (Fsp3) is 1.00. The van der Waals surface area contributed by atoms with Gasteiger partial charge in [0.05, 0.1) is 0 Å². The van der Waals surface area contributed by atoms with E-state index in [1.807, 2.05) is 0 Å². The van der Waals surface area contributed by atoms with E-state index in [9.17, 15) is 0 Å². The second kappa shape index (κ2) is 53.7. The molecule has 0 aromatic carbocycles. The summed E-state index contributed by atoms with van der Waals surface area (Å²) in [6.45, 7) is 4.71. The molecule has 74 valence electrons. The molecule has 0 fully saturated rings. The van der Waals surface area contributed by atoms with Crippen molar-refractivity contribution in [3.05, 3.63) is 0 Å². The van der Waals surface area contributed by atoms with E-state index in [1.165, 1.54) is 0 Å². The monoisotopic (exact) mass is 268 g/mol. The summed E-state index contributed by atoms with van der Waals surface area (Å²) in [5, 5.41) is 26.8. The Morgan fingerprint density at radius 3 is 0.800 bits per heavy atom. The summed E-state index contributed by atoms with van der Waals surface area (Å²) in [6, 6.07) is 0. The number of hydrogen-bond acceptors (Lipinski definition) is 3. The Morgan fingerprint density at radius 2 is 0.800 bits per heavy atom. The molecule has 0 N–H and O–H groups in total. The largest absolute Gasteiger partial charge is 3.00 e. The first-order valence-electron chi connectivity index (χ1n) is 2.99. The molecule has 10 heavy (non-hydrogen) atoms. The first kappa shape index (κ1) is 22.4. The molecule has 2 radical (unpaired) electrons. The van der Waals surface area contributed by atoms with Crippen LogP contribution in [-0.4, -0.2) is 44.2 Å². The van der Waals surface area contributed by atoms with Gasteiger partial charge in [-0.2, -0.15) is 0 Å². The van der Waals surface area contributed by atoms with Crippen LogP contribution in [0.15, 0.2) is 0 Å². The van der Waals surface area contributed by atoms with Gasteiger partial charge in [0.2, 0.25) is 0 Å². The van der Waals surface area contributed by atoms with Gasteiger partial charge >= 0.3 is 24.4 Å². The van der Waals surface area contributed by atoms with Gasteiger partial charge in [-0.05, 0) is 0 Å². The molecule has 0 aliphatic heterocycles. The van der Waals surface area contributed by atoms with E-state index in [2.05, 4.69) is 0 Å². The van der Waals surface area contributed by atoms with Crippen LogP contribution in [0, 0.1) is 0 Å². The average Bonchev–Trinajstić information content (AvgIpc) is 1.70. The summed E-state index contributed by atoms with van der Waals surface area (Å²) in [4.78, 5) is 0. The fourth-order valence-electron chi connectivity index (χ4n) is 0. The van der Waals surface area contributed by atoms with Crippen molar-refractivity contribution in [3.63, 3.8) is 0 Å². The predicted octanol–water partition coefficient (Wildman–Crippen LogP) is -0.805. The molecule has 0 saturated heterocycles. The Balaban J connectivity index is -0.00000000346. The van der Waals surface area contributed by atoms with Crippen LogP contribution in [-0.2, 0) is 0 Å². The molecule has 0 aromatic rings. The zero-order chi connectivity index (χ0) is 8.12. The molecule has 0 amide bonds. The Kier molecular flexibility index (Phi) is 120. The van der Waals surface area contributed by atoms with Gasteiger partial charge in [-0.1, -0.05) is 20.8 Å². The molecule has 0 saturated carbocycles. The first-order chi connectivity index (χ1) is 4.24. The maximum absolute atomic E-state index is 8.93. The van der Waals surface area contributed by atoms with E-state index in [0.717, 1.165) is 0 Å². The van der Waals surface area contributed by atoms with E-state index in [0.29, 0.717) is 0 Å². The average molecular weight is 269 g/mol. The van der Waals surface area contributed by atoms with Crippen LogP contribution < -0.4 is 15.3 Å². The molecule has 4 heteroatoms. The van der Waals surface area contributed by atoms with Crippen LogP contribution >= 0.6 is 0 Å². The van der Waals surface area contributed by atoms with Gasteiger partial charge in [0.1, 0.15) is 0 Å². The van der Waals surface area contributed by atoms with Crippen LogP contribution in [0.1, 0.15) is 29.3 Å². The molecule has 0 spiro atoms. The van der Waals surface area contributed by atoms with Crippen molar-refractivity contribution < 1.29 is 23.9 Å². The minimum absolute atomic E-state index is 0. The van der Waals surface area contributed by atoms with E-state index in [4.69, 9.17) is 15.3 Å². The maximum Gasteiger partial charge on any atom is 3.00 e. The van der Waals surface area contributed by atoms with Crippen molar-refractivity contribution in [2.45, 2.75) is 20.8 Å². The van der Waals surface area contributed by atoms with Crippen molar-refractivity contribution in [3.8, 4) is 0 Å². The smallest absolute Gasteiger partial charge is 0.855 e. The molecule has 0 aliphatic carbocycles. The molecule has 3 nitrogen and oxygen atoms in total. The van der Waals surface area contributed by atoms with E-state index in [1.54, 1.807) is 20.8 Å². The molecule has 0 atom stereocenters. The zero-order valence-corrected chi connectivity index (χ0v) is 9.35. The first-order valence-corrected chi connectivity index (χ1v) is 2.99. The zero-order valence-electron chi connectivity index (χ0n) is 6.79. The topological polar surface area (TPSA) is 69.2 Å².